The van der Waals surface area contributed by atoms with E-state index in [-0.39, 0.29) is 52.9 Å². The number of nitrogens with zero attached hydrogens (tertiary/aromatic N) is 6. The highest BCUT2D eigenvalue weighted by molar-refractivity contribution is 6.90. The fraction of sp³-hybridized carbons (Fsp3) is 0.529. The first-order chi connectivity index (χ1) is 29.8. The second kappa shape index (κ2) is 15.6. The van der Waals surface area contributed by atoms with E-state index in [2.05, 4.69) is 76.0 Å². The summed E-state index contributed by atoms with van der Waals surface area (Å²) in [6, 6.07) is 11.4. The Balaban J connectivity index is 1.22. The molecule has 5 aliphatic rings. The van der Waals surface area contributed by atoms with Gasteiger partial charge in [-0.15, -0.1) is 5.54 Å². The van der Waals surface area contributed by atoms with Gasteiger partial charge in [0.2, 0.25) is 5.88 Å². The average molecular weight is 871 g/mol. The molecule has 0 radical (unpaired) electrons. The van der Waals surface area contributed by atoms with E-state index < -0.39 is 25.6 Å². The molecule has 0 saturated carbocycles. The third-order valence-corrected chi connectivity index (χ3v) is 20.9. The Bertz CT molecular complexity index is 2560. The zero-order valence-electron chi connectivity index (χ0n) is 38.8. The molecular weight excluding hydrogens is 808 g/mol. The number of carbonyl (C=O) groups is 1. The molecule has 9 rings (SSSR count). The zero-order chi connectivity index (χ0) is 44.9. The number of carbonyl (C=O) groups excluding carboxylic acids is 1. The summed E-state index contributed by atoms with van der Waals surface area (Å²) < 4.78 is 37.5. The molecule has 0 aliphatic carbocycles. The topological polar surface area (TPSA) is 93.2 Å². The number of fused-ring (bicyclic) bond motifs is 7. The van der Waals surface area contributed by atoms with Crippen LogP contribution >= 0.6 is 0 Å². The molecule has 4 aromatic rings. The number of benzene rings is 2. The lowest BCUT2D eigenvalue weighted by Gasteiger charge is -2.48. The fourth-order valence-corrected chi connectivity index (χ4v) is 17.4. The predicted octanol–water partition coefficient (Wildman–Crippen LogP) is 10.6. The van der Waals surface area contributed by atoms with Gasteiger partial charge in [0.25, 0.3) is 0 Å². The van der Waals surface area contributed by atoms with E-state index >= 15 is 4.39 Å². The van der Waals surface area contributed by atoms with Crippen LogP contribution in [0.3, 0.4) is 0 Å². The van der Waals surface area contributed by atoms with Crippen molar-refractivity contribution in [1.29, 1.82) is 0 Å². The predicted molar refractivity (Wildman–Crippen MR) is 252 cm³/mol. The first-order valence-corrected chi connectivity index (χ1v) is 25.2. The van der Waals surface area contributed by atoms with Gasteiger partial charge in [-0.1, -0.05) is 102 Å². The van der Waals surface area contributed by atoms with E-state index in [1.807, 2.05) is 69.0 Å². The number of halogens is 1. The highest BCUT2D eigenvalue weighted by atomic mass is 28.3. The Labute approximate surface area is 373 Å². The van der Waals surface area contributed by atoms with Crippen LogP contribution in [0.1, 0.15) is 100 Å². The lowest BCUT2D eigenvalue weighted by molar-refractivity contribution is 0.000935. The van der Waals surface area contributed by atoms with Gasteiger partial charge in [-0.3, -0.25) is 9.80 Å². The van der Waals surface area contributed by atoms with Crippen LogP contribution in [0.2, 0.25) is 16.6 Å². The summed E-state index contributed by atoms with van der Waals surface area (Å²) in [6.07, 6.45) is 2.32. The number of rotatable bonds is 7. The minimum Gasteiger partial charge on any atom is -0.472 e. The molecule has 332 valence electrons. The summed E-state index contributed by atoms with van der Waals surface area (Å²) in [7, 11) is -2.11. The lowest BCUT2D eigenvalue weighted by Crippen LogP contribution is -2.65. The maximum absolute atomic E-state index is 18.0. The van der Waals surface area contributed by atoms with Crippen LogP contribution in [0.15, 0.2) is 60.7 Å². The van der Waals surface area contributed by atoms with Gasteiger partial charge >= 0.3 is 12.1 Å². The monoisotopic (exact) mass is 870 g/mol. The molecule has 7 heterocycles. The number of amides is 1. The molecule has 4 saturated heterocycles. The van der Waals surface area contributed by atoms with Crippen LogP contribution in [-0.4, -0.2) is 101 Å². The molecule has 63 heavy (non-hydrogen) atoms. The van der Waals surface area contributed by atoms with Gasteiger partial charge in [0.1, 0.15) is 48.8 Å². The smallest absolute Gasteiger partial charge is 0.410 e. The van der Waals surface area contributed by atoms with Gasteiger partial charge in [0.15, 0.2) is 5.82 Å². The van der Waals surface area contributed by atoms with Gasteiger partial charge in [-0.05, 0) is 81.5 Å². The third-order valence-electron chi connectivity index (χ3n) is 14.6. The van der Waals surface area contributed by atoms with Gasteiger partial charge in [0.05, 0.1) is 23.7 Å². The molecule has 12 heteroatoms. The van der Waals surface area contributed by atoms with E-state index in [0.29, 0.717) is 46.5 Å². The highest BCUT2D eigenvalue weighted by Gasteiger charge is 2.54. The van der Waals surface area contributed by atoms with Gasteiger partial charge < -0.3 is 19.1 Å². The zero-order valence-corrected chi connectivity index (χ0v) is 39.8. The third kappa shape index (κ3) is 7.18. The number of hydrogen-bond donors (Lipinski definition) is 0. The molecule has 0 spiro atoms. The maximum atomic E-state index is 18.0. The molecule has 2 aromatic carbocycles. The number of ether oxygens (including phenoxy) is 3. The van der Waals surface area contributed by atoms with Gasteiger partial charge in [-0.25, -0.2) is 14.2 Å². The number of pyridine rings is 1. The molecule has 4 atom stereocenters. The molecular formula is C51H63FN6O4Si. The van der Waals surface area contributed by atoms with Crippen LogP contribution in [0.4, 0.5) is 15.0 Å². The number of aromatic nitrogens is 3. The molecule has 5 aliphatic heterocycles. The quantitative estimate of drug-likeness (QED) is 0.102. The Kier molecular flexibility index (Phi) is 10.7. The van der Waals surface area contributed by atoms with Crippen molar-refractivity contribution in [3.8, 4) is 34.6 Å². The van der Waals surface area contributed by atoms with Crippen LogP contribution in [-0.2, 0) is 4.74 Å². The Morgan fingerprint density at radius 1 is 0.968 bits per heavy atom. The normalized spacial score (nSPS) is 23.0. The highest BCUT2D eigenvalue weighted by Crippen LogP contribution is 2.48. The second-order valence-electron chi connectivity index (χ2n) is 20.9. The first-order valence-electron chi connectivity index (χ1n) is 22.9. The molecule has 2 bridgehead atoms. The van der Waals surface area contributed by atoms with Gasteiger partial charge in [-0.2, -0.15) is 9.97 Å². The van der Waals surface area contributed by atoms with Crippen molar-refractivity contribution >= 4 is 41.7 Å². The molecule has 1 amide bonds. The Morgan fingerprint density at radius 2 is 1.63 bits per heavy atom. The van der Waals surface area contributed by atoms with Crippen LogP contribution < -0.4 is 14.4 Å². The van der Waals surface area contributed by atoms with Crippen molar-refractivity contribution in [1.82, 2.24) is 24.8 Å². The minimum absolute atomic E-state index is 0.0807. The summed E-state index contributed by atoms with van der Waals surface area (Å²) in [6.45, 7) is 32.5. The first kappa shape index (κ1) is 43.3. The fourth-order valence-electron chi connectivity index (χ4n) is 12.2. The lowest BCUT2D eigenvalue weighted by atomic mass is 9.92. The number of hydrogen-bond acceptors (Lipinski definition) is 9. The molecule has 2 aromatic heterocycles. The van der Waals surface area contributed by atoms with Crippen molar-refractivity contribution < 1.29 is 23.4 Å². The summed E-state index contributed by atoms with van der Waals surface area (Å²) in [5, 5.41) is 2.17. The summed E-state index contributed by atoms with van der Waals surface area (Å²) in [5.41, 5.74) is 8.26. The van der Waals surface area contributed by atoms with E-state index in [0.717, 1.165) is 66.3 Å². The van der Waals surface area contributed by atoms with E-state index in [4.69, 9.17) is 29.2 Å². The SMILES string of the molecule is C=C1CN2CC(=C)CC2(COc2nc3c4c(nc(-c5cccc6cccc(C#C[Si](C(C)C)(C(C)C)C(C)C)c56)c(F)c4n2)O[C@@H](C)[C@@H]2[C@@H]4CC[C@H](CN32)N4C(=O)OC(C)(C)C)C1. The van der Waals surface area contributed by atoms with Crippen molar-refractivity contribution in [2.24, 2.45) is 0 Å². The van der Waals surface area contributed by atoms with Crippen molar-refractivity contribution in [2.45, 2.75) is 147 Å². The second-order valence-corrected chi connectivity index (χ2v) is 26.4. The summed E-state index contributed by atoms with van der Waals surface area (Å²) in [4.78, 5) is 35.5. The minimum atomic E-state index is -2.11. The van der Waals surface area contributed by atoms with Crippen LogP contribution in [0.25, 0.3) is 32.9 Å². The van der Waals surface area contributed by atoms with Crippen molar-refractivity contribution in [3.63, 3.8) is 0 Å². The summed E-state index contributed by atoms with van der Waals surface area (Å²) >= 11 is 0. The molecule has 4 fully saturated rings. The largest absolute Gasteiger partial charge is 0.472 e. The molecule has 0 N–H and O–H groups in total. The molecule has 0 unspecified atom stereocenters. The van der Waals surface area contributed by atoms with Crippen molar-refractivity contribution in [2.75, 3.05) is 31.1 Å². The van der Waals surface area contributed by atoms with Crippen LogP contribution in [0, 0.1) is 17.3 Å². The van der Waals surface area contributed by atoms with Gasteiger partial charge in [0, 0.05) is 36.1 Å². The van der Waals surface area contributed by atoms with E-state index in [1.165, 1.54) is 0 Å². The standard InChI is InChI=1S/C51H63FN6O4Si/c1-29(2)63(30(3)4,31(5)6)22-21-36-16-13-15-35-17-14-18-38(40(35)36)43-42(52)44-41-46(55-48(54-44)60-28-51-23-32(7)25-56(51)26-33(8)24-51)57-27-37-19-20-39(45(57)34(9)61-47(41)53-43)58(37)49(59)62-50(10,11)12/h13-18,29-31,34,37,39,45H,7-8,19-20,23-28H2,1-6,9-12H3/t34-,37+,39-,45+/m0/s1. The maximum Gasteiger partial charge on any atom is 0.410 e. The average Bonchev–Trinajstić information content (AvgIpc) is 3.77. The van der Waals surface area contributed by atoms with E-state index in [1.54, 1.807) is 0 Å². The van der Waals surface area contributed by atoms with Crippen LogP contribution in [0.5, 0.6) is 11.9 Å². The number of piperazine rings is 1. The number of anilines is 1. The molecule has 10 nitrogen and oxygen atoms in total. The summed E-state index contributed by atoms with van der Waals surface area (Å²) in [5.74, 6) is 3.85. The van der Waals surface area contributed by atoms with Crippen molar-refractivity contribution in [3.05, 3.63) is 72.1 Å². The Morgan fingerprint density at radius 3 is 2.29 bits per heavy atom. The van der Waals surface area contributed by atoms with E-state index in [9.17, 15) is 4.79 Å². The Hall–Kier alpha value is -4.99.